The molecule has 2 nitrogen and oxygen atoms in total. The number of aryl methyl sites for hydroxylation is 1. The average molecular weight is 214 g/mol. The van der Waals surface area contributed by atoms with E-state index in [4.69, 9.17) is 0 Å². The molecule has 0 saturated heterocycles. The number of hydrogen-bond donors (Lipinski definition) is 0. The maximum Gasteiger partial charge on any atom is 0.173 e. The summed E-state index contributed by atoms with van der Waals surface area (Å²) in [7, 11) is 0. The predicted molar refractivity (Wildman–Crippen MR) is 47.1 cm³/mol. The van der Waals surface area contributed by atoms with Gasteiger partial charge in [0.25, 0.3) is 0 Å². The summed E-state index contributed by atoms with van der Waals surface area (Å²) in [4.78, 5) is 15.1. The minimum absolute atomic E-state index is 0.0931. The summed E-state index contributed by atoms with van der Waals surface area (Å²) in [5.41, 5.74) is 1.59. The zero-order valence-corrected chi connectivity index (χ0v) is 7.76. The lowest BCUT2D eigenvalue weighted by Crippen LogP contribution is -2.00. The van der Waals surface area contributed by atoms with Crippen molar-refractivity contribution in [2.24, 2.45) is 0 Å². The number of hydrogen-bond acceptors (Lipinski definition) is 2. The van der Waals surface area contributed by atoms with Crippen LogP contribution in [0.1, 0.15) is 16.1 Å². The van der Waals surface area contributed by atoms with Gasteiger partial charge in [0.15, 0.2) is 5.78 Å². The van der Waals surface area contributed by atoms with Crippen molar-refractivity contribution in [3.8, 4) is 0 Å². The molecule has 0 radical (unpaired) electrons. The van der Waals surface area contributed by atoms with Crippen LogP contribution in [0, 0.1) is 6.92 Å². The second-order valence-electron chi connectivity index (χ2n) is 2.24. The monoisotopic (exact) mass is 213 g/mol. The van der Waals surface area contributed by atoms with Crippen molar-refractivity contribution >= 4 is 21.7 Å². The Morgan fingerprint density at radius 3 is 3.00 bits per heavy atom. The molecule has 0 unspecified atom stereocenters. The summed E-state index contributed by atoms with van der Waals surface area (Å²) in [6.45, 7) is 1.87. The van der Waals surface area contributed by atoms with Gasteiger partial charge >= 0.3 is 0 Å². The first kappa shape index (κ1) is 8.40. The molecule has 0 aliphatic rings. The molecule has 0 atom stereocenters. The molecule has 1 aromatic heterocycles. The van der Waals surface area contributed by atoms with Crippen molar-refractivity contribution in [3.05, 3.63) is 29.6 Å². The van der Waals surface area contributed by atoms with E-state index >= 15 is 0 Å². The second-order valence-corrected chi connectivity index (χ2v) is 2.80. The van der Waals surface area contributed by atoms with Crippen molar-refractivity contribution in [2.75, 3.05) is 5.33 Å². The van der Waals surface area contributed by atoms with Crippen molar-refractivity contribution in [2.45, 2.75) is 6.92 Å². The molecular formula is C8H8BrNO. The number of carbonyl (C=O) groups excluding carboxylic acids is 1. The van der Waals surface area contributed by atoms with Crippen LogP contribution in [0.25, 0.3) is 0 Å². The Morgan fingerprint density at radius 2 is 2.45 bits per heavy atom. The van der Waals surface area contributed by atoms with E-state index in [1.165, 1.54) is 0 Å². The van der Waals surface area contributed by atoms with Crippen LogP contribution in [0.5, 0.6) is 0 Å². The van der Waals surface area contributed by atoms with Gasteiger partial charge in [-0.3, -0.25) is 9.78 Å². The number of pyridine rings is 1. The Balaban J connectivity index is 2.96. The van der Waals surface area contributed by atoms with Crippen molar-refractivity contribution in [3.63, 3.8) is 0 Å². The number of halogens is 1. The summed E-state index contributed by atoms with van der Waals surface area (Å²) in [5, 5.41) is 0.371. The van der Waals surface area contributed by atoms with Crippen LogP contribution in [0.2, 0.25) is 0 Å². The number of ketones is 1. The van der Waals surface area contributed by atoms with Crippen molar-refractivity contribution < 1.29 is 4.79 Å². The minimum Gasteiger partial charge on any atom is -0.293 e. The molecule has 0 aliphatic heterocycles. The standard InChI is InChI=1S/C8H8BrNO/c1-6-4-7(2-3-10-6)8(11)5-9/h2-4H,5H2,1H3. The fourth-order valence-corrected chi connectivity index (χ4v) is 1.12. The molecule has 0 aliphatic carbocycles. The molecule has 0 N–H and O–H groups in total. The van der Waals surface area contributed by atoms with Gasteiger partial charge in [0, 0.05) is 17.5 Å². The van der Waals surface area contributed by atoms with Gasteiger partial charge in [-0.2, -0.15) is 0 Å². The maximum atomic E-state index is 11.1. The van der Waals surface area contributed by atoms with E-state index in [-0.39, 0.29) is 5.78 Å². The molecule has 0 aromatic carbocycles. The van der Waals surface area contributed by atoms with Gasteiger partial charge in [-0.1, -0.05) is 15.9 Å². The van der Waals surface area contributed by atoms with Gasteiger partial charge in [-0.15, -0.1) is 0 Å². The van der Waals surface area contributed by atoms with Gasteiger partial charge in [-0.05, 0) is 19.1 Å². The number of carbonyl (C=O) groups is 1. The second kappa shape index (κ2) is 3.62. The van der Waals surface area contributed by atoms with Gasteiger partial charge in [0.05, 0.1) is 5.33 Å². The summed E-state index contributed by atoms with van der Waals surface area (Å²) in [6, 6.07) is 3.50. The van der Waals surface area contributed by atoms with Crippen LogP contribution in [0.3, 0.4) is 0 Å². The number of alkyl halides is 1. The van der Waals surface area contributed by atoms with Gasteiger partial charge < -0.3 is 0 Å². The van der Waals surface area contributed by atoms with Crippen LogP contribution in [-0.4, -0.2) is 16.1 Å². The minimum atomic E-state index is 0.0931. The van der Waals surface area contributed by atoms with E-state index < -0.39 is 0 Å². The molecule has 1 heterocycles. The quantitative estimate of drug-likeness (QED) is 0.556. The molecule has 0 amide bonds. The molecule has 1 rings (SSSR count). The zero-order valence-electron chi connectivity index (χ0n) is 6.17. The Labute approximate surface area is 73.8 Å². The molecule has 11 heavy (non-hydrogen) atoms. The highest BCUT2D eigenvalue weighted by atomic mass is 79.9. The zero-order chi connectivity index (χ0) is 8.27. The molecule has 0 bridgehead atoms. The topological polar surface area (TPSA) is 30.0 Å². The van der Waals surface area contributed by atoms with Gasteiger partial charge in [0.2, 0.25) is 0 Å². The third-order valence-corrected chi connectivity index (χ3v) is 1.85. The molecule has 0 saturated carbocycles. The van der Waals surface area contributed by atoms with Crippen molar-refractivity contribution in [1.29, 1.82) is 0 Å². The van der Waals surface area contributed by atoms with E-state index in [0.29, 0.717) is 5.33 Å². The smallest absolute Gasteiger partial charge is 0.173 e. The first-order chi connectivity index (χ1) is 5.24. The van der Waals surface area contributed by atoms with Crippen LogP contribution in [0.4, 0.5) is 0 Å². The SMILES string of the molecule is Cc1cc(C(=O)CBr)ccn1. The molecule has 3 heteroatoms. The lowest BCUT2D eigenvalue weighted by molar-refractivity contribution is 0.102. The Morgan fingerprint density at radius 1 is 1.73 bits per heavy atom. The highest BCUT2D eigenvalue weighted by Crippen LogP contribution is 2.03. The summed E-state index contributed by atoms with van der Waals surface area (Å²) >= 11 is 3.11. The third-order valence-electron chi connectivity index (χ3n) is 1.34. The molecular weight excluding hydrogens is 206 g/mol. The van der Waals surface area contributed by atoms with E-state index in [2.05, 4.69) is 20.9 Å². The van der Waals surface area contributed by atoms with Gasteiger partial charge in [-0.25, -0.2) is 0 Å². The van der Waals surface area contributed by atoms with Crippen LogP contribution >= 0.6 is 15.9 Å². The molecule has 0 spiro atoms. The highest BCUT2D eigenvalue weighted by Gasteiger charge is 2.02. The lowest BCUT2D eigenvalue weighted by Gasteiger charge is -1.96. The van der Waals surface area contributed by atoms with Gasteiger partial charge in [0.1, 0.15) is 0 Å². The van der Waals surface area contributed by atoms with Crippen LogP contribution < -0.4 is 0 Å². The fraction of sp³-hybridized carbons (Fsp3) is 0.250. The number of Topliss-reactive ketones (excluding diaryl/α,β-unsaturated/α-hetero) is 1. The summed E-state index contributed by atoms with van der Waals surface area (Å²) in [5.74, 6) is 0.0931. The van der Waals surface area contributed by atoms with E-state index in [1.54, 1.807) is 18.3 Å². The summed E-state index contributed by atoms with van der Waals surface area (Å²) in [6.07, 6.45) is 1.64. The number of rotatable bonds is 2. The first-order valence-electron chi connectivity index (χ1n) is 3.26. The van der Waals surface area contributed by atoms with E-state index in [1.807, 2.05) is 6.92 Å². The molecule has 0 fully saturated rings. The Hall–Kier alpha value is -0.700. The fourth-order valence-electron chi connectivity index (χ4n) is 0.796. The van der Waals surface area contributed by atoms with Crippen LogP contribution in [0.15, 0.2) is 18.3 Å². The van der Waals surface area contributed by atoms with Crippen LogP contribution in [-0.2, 0) is 0 Å². The number of nitrogens with zero attached hydrogens (tertiary/aromatic N) is 1. The first-order valence-corrected chi connectivity index (χ1v) is 4.38. The van der Waals surface area contributed by atoms with E-state index in [9.17, 15) is 4.79 Å². The lowest BCUT2D eigenvalue weighted by atomic mass is 10.2. The molecule has 58 valence electrons. The normalized spacial score (nSPS) is 9.64. The Kier molecular flexibility index (Phi) is 2.76. The van der Waals surface area contributed by atoms with Crippen molar-refractivity contribution in [1.82, 2.24) is 4.98 Å². The summed E-state index contributed by atoms with van der Waals surface area (Å²) < 4.78 is 0. The maximum absolute atomic E-state index is 11.1. The number of aromatic nitrogens is 1. The Bertz CT molecular complexity index is 273. The average Bonchev–Trinajstić information content (AvgIpc) is 2.03. The largest absolute Gasteiger partial charge is 0.293 e. The molecule has 1 aromatic rings. The highest BCUT2D eigenvalue weighted by molar-refractivity contribution is 9.09. The third kappa shape index (κ3) is 2.12. The van der Waals surface area contributed by atoms with E-state index in [0.717, 1.165) is 11.3 Å². The predicted octanol–water partition coefficient (Wildman–Crippen LogP) is 1.97.